The summed E-state index contributed by atoms with van der Waals surface area (Å²) in [5.74, 6) is 0.800. The van der Waals surface area contributed by atoms with Crippen LogP contribution < -0.4 is 10.5 Å². The largest absolute Gasteiger partial charge is 0.497 e. The quantitative estimate of drug-likeness (QED) is 0.663. The van der Waals surface area contributed by atoms with Crippen molar-refractivity contribution < 1.29 is 13.2 Å². The van der Waals surface area contributed by atoms with Gasteiger partial charge in [0.25, 0.3) is 10.0 Å². The highest BCUT2D eigenvalue weighted by molar-refractivity contribution is 7.89. The van der Waals surface area contributed by atoms with Gasteiger partial charge in [-0.25, -0.2) is 23.4 Å². The van der Waals surface area contributed by atoms with Gasteiger partial charge in [-0.05, 0) is 30.5 Å². The first-order valence-electron chi connectivity index (χ1n) is 9.67. The summed E-state index contributed by atoms with van der Waals surface area (Å²) in [5, 5.41) is 0.0295. The molecule has 30 heavy (non-hydrogen) atoms. The van der Waals surface area contributed by atoms with Crippen LogP contribution in [0.2, 0.25) is 0 Å². The molecule has 0 spiro atoms. The van der Waals surface area contributed by atoms with E-state index in [1.165, 1.54) is 16.8 Å². The lowest BCUT2D eigenvalue weighted by atomic mass is 9.95. The molecule has 0 aliphatic carbocycles. The minimum Gasteiger partial charge on any atom is -0.497 e. The van der Waals surface area contributed by atoms with Crippen LogP contribution in [0.3, 0.4) is 0 Å². The van der Waals surface area contributed by atoms with Crippen LogP contribution in [0.15, 0.2) is 48.0 Å². The number of nitrogens with zero attached hydrogens (tertiary/aromatic N) is 5. The first-order valence-corrected chi connectivity index (χ1v) is 11.1. The van der Waals surface area contributed by atoms with Crippen LogP contribution in [0.1, 0.15) is 31.0 Å². The van der Waals surface area contributed by atoms with E-state index in [0.29, 0.717) is 24.4 Å². The highest BCUT2D eigenvalue weighted by atomic mass is 32.2. The van der Waals surface area contributed by atoms with Crippen LogP contribution in [0.5, 0.6) is 5.75 Å². The smallest absolute Gasteiger partial charge is 0.262 e. The number of aryl methyl sites for hydroxylation is 1. The van der Waals surface area contributed by atoms with Crippen molar-refractivity contribution in [1.29, 1.82) is 0 Å². The van der Waals surface area contributed by atoms with Crippen molar-refractivity contribution in [2.75, 3.05) is 19.4 Å². The Bertz CT molecular complexity index is 1160. The van der Waals surface area contributed by atoms with Crippen molar-refractivity contribution in [3.8, 4) is 16.9 Å². The van der Waals surface area contributed by atoms with Gasteiger partial charge in [-0.15, -0.1) is 0 Å². The van der Waals surface area contributed by atoms with Crippen molar-refractivity contribution in [3.05, 3.63) is 48.7 Å². The molecule has 2 aromatic heterocycles. The van der Waals surface area contributed by atoms with Crippen molar-refractivity contribution in [2.24, 2.45) is 7.05 Å². The predicted molar refractivity (Wildman–Crippen MR) is 112 cm³/mol. The van der Waals surface area contributed by atoms with Crippen LogP contribution in [-0.4, -0.2) is 45.9 Å². The van der Waals surface area contributed by atoms with Gasteiger partial charge in [0, 0.05) is 31.5 Å². The molecule has 1 unspecified atom stereocenters. The highest BCUT2D eigenvalue weighted by Crippen LogP contribution is 2.39. The molecule has 3 aromatic rings. The van der Waals surface area contributed by atoms with E-state index in [1.54, 1.807) is 24.9 Å². The fraction of sp³-hybridized carbons (Fsp3) is 0.350. The van der Waals surface area contributed by atoms with Gasteiger partial charge in [0.15, 0.2) is 5.03 Å². The third kappa shape index (κ3) is 3.75. The lowest BCUT2D eigenvalue weighted by Crippen LogP contribution is -2.39. The molecule has 0 radical (unpaired) electrons. The Morgan fingerprint density at radius 2 is 2.07 bits per heavy atom. The number of anilines is 1. The second kappa shape index (κ2) is 8.04. The summed E-state index contributed by atoms with van der Waals surface area (Å²) in [6.45, 7) is 0.394. The molecular formula is C20H24N6O3S. The molecule has 158 valence electrons. The van der Waals surface area contributed by atoms with E-state index in [2.05, 4.69) is 15.0 Å². The van der Waals surface area contributed by atoms with E-state index >= 15 is 0 Å². The van der Waals surface area contributed by atoms with Crippen molar-refractivity contribution in [1.82, 2.24) is 23.8 Å². The van der Waals surface area contributed by atoms with Gasteiger partial charge < -0.3 is 15.0 Å². The van der Waals surface area contributed by atoms with E-state index < -0.39 is 16.1 Å². The topological polar surface area (TPSA) is 116 Å². The normalized spacial score (nSPS) is 17.7. The number of aromatic nitrogens is 4. The number of nitrogen functional groups attached to an aromatic ring is 1. The molecule has 1 saturated heterocycles. The monoisotopic (exact) mass is 428 g/mol. The molecular weight excluding hydrogens is 404 g/mol. The molecule has 3 heterocycles. The maximum atomic E-state index is 13.4. The number of nitrogens with two attached hydrogens (primary N) is 1. The van der Waals surface area contributed by atoms with Gasteiger partial charge >= 0.3 is 0 Å². The van der Waals surface area contributed by atoms with Crippen LogP contribution in [0.4, 0.5) is 5.95 Å². The number of ether oxygens (including phenoxy) is 1. The summed E-state index contributed by atoms with van der Waals surface area (Å²) >= 11 is 0. The Labute approximate surface area is 175 Å². The average Bonchev–Trinajstić information content (AvgIpc) is 3.21. The van der Waals surface area contributed by atoms with Crippen LogP contribution in [0.25, 0.3) is 11.1 Å². The fourth-order valence-corrected chi connectivity index (χ4v) is 5.41. The lowest BCUT2D eigenvalue weighted by molar-refractivity contribution is 0.251. The standard InChI is InChI=1S/C20H24N6O3S/c1-25-12-18(23-13-25)30(27,28)26-9-4-3-8-17(26)19-16(11-22-20(21)24-19)14-6-5-7-15(10-14)29-2/h5-7,10-13,17H,3-4,8-9H2,1-2H3,(H2,21,22,24). The third-order valence-corrected chi connectivity index (χ3v) is 7.04. The Hall–Kier alpha value is -2.98. The van der Waals surface area contributed by atoms with Gasteiger partial charge in [0.1, 0.15) is 5.75 Å². The highest BCUT2D eigenvalue weighted by Gasteiger charge is 2.37. The molecule has 1 aliphatic rings. The molecule has 4 rings (SSSR count). The summed E-state index contributed by atoms with van der Waals surface area (Å²) < 4.78 is 35.2. The van der Waals surface area contributed by atoms with E-state index in [1.807, 2.05) is 24.3 Å². The van der Waals surface area contributed by atoms with Gasteiger partial charge in [0.05, 0.1) is 25.2 Å². The second-order valence-corrected chi connectivity index (χ2v) is 9.10. The molecule has 1 aliphatic heterocycles. The molecule has 0 amide bonds. The van der Waals surface area contributed by atoms with Crippen molar-refractivity contribution in [3.63, 3.8) is 0 Å². The van der Waals surface area contributed by atoms with Crippen LogP contribution in [0, 0.1) is 0 Å². The summed E-state index contributed by atoms with van der Waals surface area (Å²) in [6.07, 6.45) is 6.94. The molecule has 1 fully saturated rings. The SMILES string of the molecule is COc1cccc(-c2cnc(N)nc2C2CCCCN2S(=O)(=O)c2cn(C)cn2)c1. The Morgan fingerprint density at radius 1 is 1.23 bits per heavy atom. The van der Waals surface area contributed by atoms with Crippen LogP contribution in [-0.2, 0) is 17.1 Å². The number of hydrogen-bond acceptors (Lipinski definition) is 7. The van der Waals surface area contributed by atoms with Gasteiger partial charge in [-0.1, -0.05) is 18.6 Å². The number of benzene rings is 1. The Morgan fingerprint density at radius 3 is 2.80 bits per heavy atom. The van der Waals surface area contributed by atoms with E-state index in [9.17, 15) is 8.42 Å². The van der Waals surface area contributed by atoms with E-state index in [4.69, 9.17) is 10.5 Å². The van der Waals surface area contributed by atoms with Crippen molar-refractivity contribution in [2.45, 2.75) is 30.3 Å². The second-order valence-electron chi connectivity index (χ2n) is 7.26. The number of rotatable bonds is 5. The number of imidazole rings is 1. The zero-order chi connectivity index (χ0) is 21.3. The van der Waals surface area contributed by atoms with Gasteiger partial charge in [-0.3, -0.25) is 0 Å². The lowest BCUT2D eigenvalue weighted by Gasteiger charge is -2.34. The molecule has 10 heteroatoms. The molecule has 0 saturated carbocycles. The van der Waals surface area contributed by atoms with E-state index in [0.717, 1.165) is 24.0 Å². The first kappa shape index (κ1) is 20.3. The molecule has 1 atom stereocenters. The zero-order valence-electron chi connectivity index (χ0n) is 16.9. The summed E-state index contributed by atoms with van der Waals surface area (Å²) in [5.41, 5.74) is 8.07. The average molecular weight is 429 g/mol. The number of methoxy groups -OCH3 is 1. The number of hydrogen-bond donors (Lipinski definition) is 1. The maximum absolute atomic E-state index is 13.4. The predicted octanol–water partition coefficient (Wildman–Crippen LogP) is 2.38. The Balaban J connectivity index is 1.82. The molecule has 2 N–H and O–H groups in total. The summed E-state index contributed by atoms with van der Waals surface area (Å²) in [6, 6.07) is 7.05. The number of piperidine rings is 1. The first-order chi connectivity index (χ1) is 14.4. The maximum Gasteiger partial charge on any atom is 0.262 e. The molecule has 0 bridgehead atoms. The number of sulfonamides is 1. The summed E-state index contributed by atoms with van der Waals surface area (Å²) in [4.78, 5) is 12.7. The molecule has 9 nitrogen and oxygen atoms in total. The fourth-order valence-electron chi connectivity index (χ4n) is 3.78. The van der Waals surface area contributed by atoms with Crippen molar-refractivity contribution >= 4 is 16.0 Å². The zero-order valence-corrected chi connectivity index (χ0v) is 17.7. The van der Waals surface area contributed by atoms with E-state index in [-0.39, 0.29) is 11.0 Å². The van der Waals surface area contributed by atoms with Gasteiger partial charge in [-0.2, -0.15) is 4.31 Å². The Kier molecular flexibility index (Phi) is 5.44. The van der Waals surface area contributed by atoms with Gasteiger partial charge in [0.2, 0.25) is 5.95 Å². The summed E-state index contributed by atoms with van der Waals surface area (Å²) in [7, 11) is -0.447. The minimum absolute atomic E-state index is 0.0295. The third-order valence-electron chi connectivity index (χ3n) is 5.24. The molecule has 1 aromatic carbocycles. The minimum atomic E-state index is -3.79. The van der Waals surface area contributed by atoms with Crippen LogP contribution >= 0.6 is 0 Å².